The van der Waals surface area contributed by atoms with Crippen LogP contribution in [0.2, 0.25) is 0 Å². The molecule has 0 saturated carbocycles. The number of hydrogen-bond acceptors (Lipinski definition) is 3. The van der Waals surface area contributed by atoms with Gasteiger partial charge in [0.05, 0.1) is 13.2 Å². The zero-order valence-corrected chi connectivity index (χ0v) is 14.5. The van der Waals surface area contributed by atoms with E-state index in [4.69, 9.17) is 4.74 Å². The summed E-state index contributed by atoms with van der Waals surface area (Å²) in [5.74, 6) is 0. The number of amides is 1. The van der Waals surface area contributed by atoms with Crippen molar-refractivity contribution in [2.45, 2.75) is 11.6 Å². The topological polar surface area (TPSA) is 58.6 Å². The molecule has 4 nitrogen and oxygen atoms in total. The average molecular weight is 347 g/mol. The molecule has 0 saturated heterocycles. The lowest BCUT2D eigenvalue weighted by Crippen LogP contribution is -2.45. The van der Waals surface area contributed by atoms with E-state index in [-0.39, 0.29) is 0 Å². The van der Waals surface area contributed by atoms with Gasteiger partial charge >= 0.3 is 6.09 Å². The van der Waals surface area contributed by atoms with Crippen LogP contribution in [0.4, 0.5) is 4.79 Å². The number of alkyl carbamates (subject to hydrolysis) is 1. The summed E-state index contributed by atoms with van der Waals surface area (Å²) in [7, 11) is 1.31. The molecule has 0 bridgehead atoms. The molecule has 1 atom stereocenters. The zero-order valence-electron chi connectivity index (χ0n) is 14.5. The van der Waals surface area contributed by atoms with Gasteiger partial charge in [0.1, 0.15) is 5.60 Å². The Bertz CT molecular complexity index is 796. The molecule has 0 aliphatic heterocycles. The van der Waals surface area contributed by atoms with E-state index >= 15 is 0 Å². The maximum Gasteiger partial charge on any atom is 0.407 e. The highest BCUT2D eigenvalue weighted by Gasteiger charge is 2.42. The van der Waals surface area contributed by atoms with Crippen LogP contribution < -0.4 is 5.32 Å². The summed E-state index contributed by atoms with van der Waals surface area (Å²) < 4.78 is 4.81. The molecule has 0 heterocycles. The Morgan fingerprint density at radius 2 is 1.27 bits per heavy atom. The lowest BCUT2D eigenvalue weighted by atomic mass is 9.77. The normalized spacial score (nSPS) is 12.2. The van der Waals surface area contributed by atoms with E-state index in [1.165, 1.54) is 7.11 Å². The van der Waals surface area contributed by atoms with Crippen molar-refractivity contribution in [2.75, 3.05) is 7.11 Å². The molecule has 0 unspecified atom stereocenters. The molecule has 3 rings (SSSR count). The van der Waals surface area contributed by atoms with Gasteiger partial charge in [0.15, 0.2) is 0 Å². The molecule has 132 valence electrons. The van der Waals surface area contributed by atoms with E-state index in [1.807, 2.05) is 91.0 Å². The minimum Gasteiger partial charge on any atom is -0.453 e. The third-order valence-corrected chi connectivity index (χ3v) is 4.43. The lowest BCUT2D eigenvalue weighted by molar-refractivity contribution is 0.0350. The maximum atomic E-state index is 12.1. The van der Waals surface area contributed by atoms with Gasteiger partial charge in [-0.2, -0.15) is 0 Å². The first-order valence-electron chi connectivity index (χ1n) is 8.39. The number of aliphatic hydroxyl groups is 1. The number of nitrogens with one attached hydrogen (secondary N) is 1. The molecule has 0 radical (unpaired) electrons. The Labute approximate surface area is 153 Å². The van der Waals surface area contributed by atoms with Crippen molar-refractivity contribution >= 4 is 6.09 Å². The lowest BCUT2D eigenvalue weighted by Gasteiger charge is -2.37. The first kappa shape index (κ1) is 17.7. The van der Waals surface area contributed by atoms with Crippen LogP contribution in [-0.4, -0.2) is 18.3 Å². The first-order chi connectivity index (χ1) is 12.7. The third kappa shape index (κ3) is 3.46. The first-order valence-corrected chi connectivity index (χ1v) is 8.39. The van der Waals surface area contributed by atoms with Crippen molar-refractivity contribution in [3.63, 3.8) is 0 Å². The van der Waals surface area contributed by atoms with Crippen LogP contribution in [0, 0.1) is 0 Å². The average Bonchev–Trinajstić information content (AvgIpc) is 2.73. The van der Waals surface area contributed by atoms with Gasteiger partial charge in [-0.15, -0.1) is 0 Å². The number of carbonyl (C=O) groups excluding carboxylic acids is 1. The predicted octanol–water partition coefficient (Wildman–Crippen LogP) is 4.02. The van der Waals surface area contributed by atoms with E-state index in [9.17, 15) is 9.90 Å². The quantitative estimate of drug-likeness (QED) is 0.733. The van der Waals surface area contributed by atoms with Crippen LogP contribution in [0.25, 0.3) is 0 Å². The second-order valence-electron chi connectivity index (χ2n) is 5.98. The molecule has 3 aromatic carbocycles. The SMILES string of the molecule is COC(=O)N[C@H](c1ccccc1)C(O)(c1ccccc1)c1ccccc1. The summed E-state index contributed by atoms with van der Waals surface area (Å²) in [6.07, 6.45) is -0.607. The molecule has 1 amide bonds. The van der Waals surface area contributed by atoms with Crippen LogP contribution >= 0.6 is 0 Å². The van der Waals surface area contributed by atoms with Gasteiger partial charge in [-0.25, -0.2) is 4.79 Å². The van der Waals surface area contributed by atoms with Crippen molar-refractivity contribution in [3.8, 4) is 0 Å². The van der Waals surface area contributed by atoms with Gasteiger partial charge < -0.3 is 15.2 Å². The second-order valence-corrected chi connectivity index (χ2v) is 5.98. The van der Waals surface area contributed by atoms with Gasteiger partial charge in [0.25, 0.3) is 0 Å². The fraction of sp³-hybridized carbons (Fsp3) is 0.136. The smallest absolute Gasteiger partial charge is 0.407 e. The highest BCUT2D eigenvalue weighted by Crippen LogP contribution is 2.41. The molecule has 0 aliphatic rings. The van der Waals surface area contributed by atoms with Crippen LogP contribution in [-0.2, 0) is 10.3 Å². The Morgan fingerprint density at radius 1 is 0.846 bits per heavy atom. The summed E-state index contributed by atoms with van der Waals surface area (Å²) >= 11 is 0. The Balaban J connectivity index is 2.21. The van der Waals surface area contributed by atoms with Gasteiger partial charge in [0, 0.05) is 0 Å². The summed E-state index contributed by atoms with van der Waals surface area (Å²) in [6, 6.07) is 27.3. The zero-order chi connectivity index (χ0) is 18.4. The van der Waals surface area contributed by atoms with Crippen LogP contribution in [0.5, 0.6) is 0 Å². The fourth-order valence-corrected chi connectivity index (χ4v) is 3.14. The summed E-state index contributed by atoms with van der Waals surface area (Å²) in [4.78, 5) is 12.1. The van der Waals surface area contributed by atoms with Crippen LogP contribution in [0.3, 0.4) is 0 Å². The minimum atomic E-state index is -1.47. The Kier molecular flexibility index (Phi) is 5.34. The van der Waals surface area contributed by atoms with Gasteiger partial charge in [0.2, 0.25) is 0 Å². The van der Waals surface area contributed by atoms with Crippen LogP contribution in [0.1, 0.15) is 22.7 Å². The van der Waals surface area contributed by atoms with Crippen molar-refractivity contribution in [1.82, 2.24) is 5.32 Å². The number of hydrogen-bond donors (Lipinski definition) is 2. The summed E-state index contributed by atoms with van der Waals surface area (Å²) in [5, 5.41) is 14.8. The highest BCUT2D eigenvalue weighted by atomic mass is 16.5. The molecule has 0 aromatic heterocycles. The van der Waals surface area contributed by atoms with Crippen molar-refractivity contribution < 1.29 is 14.6 Å². The maximum absolute atomic E-state index is 12.1. The molecule has 2 N–H and O–H groups in total. The number of methoxy groups -OCH3 is 1. The van der Waals surface area contributed by atoms with E-state index in [0.29, 0.717) is 11.1 Å². The molecule has 0 spiro atoms. The monoisotopic (exact) mass is 347 g/mol. The van der Waals surface area contributed by atoms with Gasteiger partial charge in [-0.3, -0.25) is 0 Å². The molecular weight excluding hydrogens is 326 g/mol. The van der Waals surface area contributed by atoms with Crippen molar-refractivity contribution in [2.24, 2.45) is 0 Å². The summed E-state index contributed by atoms with van der Waals surface area (Å²) in [6.45, 7) is 0. The van der Waals surface area contributed by atoms with Crippen molar-refractivity contribution in [3.05, 3.63) is 108 Å². The third-order valence-electron chi connectivity index (χ3n) is 4.43. The van der Waals surface area contributed by atoms with Crippen LogP contribution in [0.15, 0.2) is 91.0 Å². The van der Waals surface area contributed by atoms with Crippen molar-refractivity contribution in [1.29, 1.82) is 0 Å². The largest absolute Gasteiger partial charge is 0.453 e. The van der Waals surface area contributed by atoms with Gasteiger partial charge in [-0.05, 0) is 16.7 Å². The molecule has 4 heteroatoms. The Morgan fingerprint density at radius 3 is 1.69 bits per heavy atom. The number of ether oxygens (including phenoxy) is 1. The second kappa shape index (κ2) is 7.85. The standard InChI is InChI=1S/C22H21NO3/c1-26-21(24)23-20(17-11-5-2-6-12-17)22(25,18-13-7-3-8-14-18)19-15-9-4-10-16-19/h2-16,20,25H,1H3,(H,23,24)/t20-/m1/s1. The van der Waals surface area contributed by atoms with E-state index in [0.717, 1.165) is 5.56 Å². The number of rotatable bonds is 5. The fourth-order valence-electron chi connectivity index (χ4n) is 3.14. The molecule has 0 aliphatic carbocycles. The number of benzene rings is 3. The van der Waals surface area contributed by atoms with E-state index < -0.39 is 17.7 Å². The molecule has 0 fully saturated rings. The van der Waals surface area contributed by atoms with Gasteiger partial charge in [-0.1, -0.05) is 91.0 Å². The Hall–Kier alpha value is -3.11. The number of carbonyl (C=O) groups is 1. The minimum absolute atomic E-state index is 0.607. The van der Waals surface area contributed by atoms with E-state index in [2.05, 4.69) is 5.32 Å². The molecule has 26 heavy (non-hydrogen) atoms. The predicted molar refractivity (Wildman–Crippen MR) is 101 cm³/mol. The van der Waals surface area contributed by atoms with E-state index in [1.54, 1.807) is 0 Å². The molecular formula is C22H21NO3. The molecule has 3 aromatic rings. The highest BCUT2D eigenvalue weighted by molar-refractivity contribution is 5.68. The summed E-state index contributed by atoms with van der Waals surface area (Å²) in [5.41, 5.74) is 0.652.